The molecule has 0 aliphatic carbocycles. The first-order valence-electron chi connectivity index (χ1n) is 5.41. The number of carbonyl (C=O) groups is 1. The van der Waals surface area contributed by atoms with Crippen LogP contribution in [-0.2, 0) is 10.0 Å². The van der Waals surface area contributed by atoms with Gasteiger partial charge in [-0.05, 0) is 20.3 Å². The second kappa shape index (κ2) is 3.76. The van der Waals surface area contributed by atoms with Gasteiger partial charge in [0.15, 0.2) is 0 Å². The molecule has 1 radical (unpaired) electrons. The Bertz CT molecular complexity index is 261. The molecule has 15 heavy (non-hydrogen) atoms. The van der Waals surface area contributed by atoms with E-state index >= 15 is 0 Å². The van der Waals surface area contributed by atoms with Gasteiger partial charge in [-0.15, -0.1) is 10.3 Å². The molecule has 0 saturated carbocycles. The summed E-state index contributed by atoms with van der Waals surface area (Å²) in [6.07, 6.45) is 0.722. The molecule has 1 unspecified atom stereocenters. The molecule has 1 rings (SSSR count). The molecule has 0 bridgehead atoms. The minimum Gasteiger partial charge on any atom is -0.353 e. The van der Waals surface area contributed by atoms with Crippen LogP contribution in [-0.4, -0.2) is 29.1 Å². The fourth-order valence-electron chi connectivity index (χ4n) is 2.13. The number of hydrogen-bond acceptors (Lipinski definition) is 2. The Morgan fingerprint density at radius 2 is 1.87 bits per heavy atom. The van der Waals surface area contributed by atoms with Gasteiger partial charge in [0, 0.05) is 24.9 Å². The van der Waals surface area contributed by atoms with Crippen molar-refractivity contribution < 1.29 is 10.0 Å². The van der Waals surface area contributed by atoms with Gasteiger partial charge in [-0.1, -0.05) is 13.8 Å². The second-order valence-corrected chi connectivity index (χ2v) is 5.42. The number of amides is 1. The maximum Gasteiger partial charge on any atom is 0.217 e. The molecule has 0 aromatic heterocycles. The molecule has 1 heterocycles. The summed E-state index contributed by atoms with van der Waals surface area (Å²) in [5, 5.41) is 15.8. The number of nitrogens with one attached hydrogen (secondary N) is 1. The van der Waals surface area contributed by atoms with Gasteiger partial charge >= 0.3 is 0 Å². The normalized spacial score (nSPS) is 29.9. The van der Waals surface area contributed by atoms with Crippen molar-refractivity contribution in [2.24, 2.45) is 5.41 Å². The zero-order valence-electron chi connectivity index (χ0n) is 10.3. The number of hydroxylamine groups is 2. The lowest BCUT2D eigenvalue weighted by Gasteiger charge is -2.53. The molecule has 1 amide bonds. The molecule has 1 fully saturated rings. The third-order valence-corrected chi connectivity index (χ3v) is 4.07. The molecule has 0 spiro atoms. The zero-order valence-corrected chi connectivity index (χ0v) is 10.3. The average Bonchev–Trinajstić information content (AvgIpc) is 2.08. The topological polar surface area (TPSA) is 52.2 Å². The molecular formula is C11H21N2O2. The first kappa shape index (κ1) is 12.5. The van der Waals surface area contributed by atoms with Gasteiger partial charge in [-0.3, -0.25) is 4.79 Å². The lowest BCUT2D eigenvalue weighted by molar-refractivity contribution is -0.267. The summed E-state index contributed by atoms with van der Waals surface area (Å²) in [7, 11) is 0. The van der Waals surface area contributed by atoms with E-state index in [-0.39, 0.29) is 17.4 Å². The molecule has 1 N–H and O–H groups in total. The third-order valence-electron chi connectivity index (χ3n) is 4.07. The first-order chi connectivity index (χ1) is 6.69. The SMILES string of the molecule is CC(=O)NC1CCN([O])C(C)(C)C1(C)C. The third kappa shape index (κ3) is 2.01. The first-order valence-corrected chi connectivity index (χ1v) is 5.41. The predicted molar refractivity (Wildman–Crippen MR) is 57.5 cm³/mol. The molecule has 1 aliphatic rings. The summed E-state index contributed by atoms with van der Waals surface area (Å²) >= 11 is 0. The fourth-order valence-corrected chi connectivity index (χ4v) is 2.13. The molecule has 0 aromatic rings. The summed E-state index contributed by atoms with van der Waals surface area (Å²) in [6, 6.07) is 0.0789. The van der Waals surface area contributed by atoms with Crippen molar-refractivity contribution in [3.05, 3.63) is 0 Å². The molecule has 1 atom stereocenters. The Morgan fingerprint density at radius 3 is 2.33 bits per heavy atom. The van der Waals surface area contributed by atoms with Crippen LogP contribution in [0.3, 0.4) is 0 Å². The standard InChI is InChI=1S/C11H21N2O2/c1-8(14)12-9-6-7-13(15)11(4,5)10(9,2)3/h9H,6-7H2,1-5H3,(H,12,14). The van der Waals surface area contributed by atoms with E-state index in [1.807, 2.05) is 27.7 Å². The highest BCUT2D eigenvalue weighted by atomic mass is 16.5. The van der Waals surface area contributed by atoms with E-state index in [2.05, 4.69) is 5.32 Å². The van der Waals surface area contributed by atoms with Crippen molar-refractivity contribution in [1.29, 1.82) is 0 Å². The number of rotatable bonds is 1. The van der Waals surface area contributed by atoms with Crippen LogP contribution in [0, 0.1) is 5.41 Å². The van der Waals surface area contributed by atoms with E-state index in [0.717, 1.165) is 11.5 Å². The van der Waals surface area contributed by atoms with Crippen molar-refractivity contribution in [2.45, 2.75) is 52.6 Å². The Hall–Kier alpha value is -0.610. The van der Waals surface area contributed by atoms with Gasteiger partial charge in [-0.25, -0.2) is 0 Å². The number of piperidine rings is 1. The number of carbonyl (C=O) groups excluding carboxylic acids is 1. The van der Waals surface area contributed by atoms with Crippen molar-refractivity contribution in [2.75, 3.05) is 6.54 Å². The highest BCUT2D eigenvalue weighted by Crippen LogP contribution is 2.42. The van der Waals surface area contributed by atoms with Crippen LogP contribution >= 0.6 is 0 Å². The van der Waals surface area contributed by atoms with Crippen LogP contribution in [0.25, 0.3) is 0 Å². The van der Waals surface area contributed by atoms with Gasteiger partial charge in [0.2, 0.25) is 5.91 Å². The highest BCUT2D eigenvalue weighted by Gasteiger charge is 2.50. The van der Waals surface area contributed by atoms with E-state index in [4.69, 9.17) is 0 Å². The van der Waals surface area contributed by atoms with Crippen LogP contribution in [0.5, 0.6) is 0 Å². The van der Waals surface area contributed by atoms with E-state index in [0.29, 0.717) is 6.54 Å². The Labute approximate surface area is 91.6 Å². The largest absolute Gasteiger partial charge is 0.353 e. The predicted octanol–water partition coefficient (Wildman–Crippen LogP) is 1.35. The zero-order chi connectivity index (χ0) is 11.9. The lowest BCUT2D eigenvalue weighted by Crippen LogP contribution is -2.65. The van der Waals surface area contributed by atoms with Crippen LogP contribution in [0.2, 0.25) is 0 Å². The van der Waals surface area contributed by atoms with Crippen molar-refractivity contribution in [1.82, 2.24) is 10.4 Å². The van der Waals surface area contributed by atoms with E-state index < -0.39 is 5.54 Å². The molecule has 1 saturated heterocycles. The minimum absolute atomic E-state index is 0.0248. The summed E-state index contributed by atoms with van der Waals surface area (Å²) in [5.74, 6) is -0.0248. The fraction of sp³-hybridized carbons (Fsp3) is 0.909. The Balaban J connectivity index is 2.90. The number of nitrogens with zero attached hydrogens (tertiary/aromatic N) is 1. The molecule has 4 nitrogen and oxygen atoms in total. The second-order valence-electron chi connectivity index (χ2n) is 5.42. The van der Waals surface area contributed by atoms with Gasteiger partial charge in [0.1, 0.15) is 0 Å². The van der Waals surface area contributed by atoms with Gasteiger partial charge in [0.05, 0.1) is 5.54 Å². The molecule has 1 aliphatic heterocycles. The lowest BCUT2D eigenvalue weighted by atomic mass is 9.65. The van der Waals surface area contributed by atoms with Crippen LogP contribution in [0.15, 0.2) is 0 Å². The van der Waals surface area contributed by atoms with Crippen molar-refractivity contribution in [3.8, 4) is 0 Å². The van der Waals surface area contributed by atoms with Crippen LogP contribution in [0.1, 0.15) is 41.0 Å². The quantitative estimate of drug-likeness (QED) is 0.714. The summed E-state index contributed by atoms with van der Waals surface area (Å²) in [4.78, 5) is 11.1. The van der Waals surface area contributed by atoms with Crippen molar-refractivity contribution >= 4 is 5.91 Å². The monoisotopic (exact) mass is 213 g/mol. The number of hydrogen-bond donors (Lipinski definition) is 1. The van der Waals surface area contributed by atoms with Crippen LogP contribution in [0.4, 0.5) is 0 Å². The van der Waals surface area contributed by atoms with Gasteiger partial charge in [-0.2, -0.15) is 0 Å². The van der Waals surface area contributed by atoms with Crippen molar-refractivity contribution in [3.63, 3.8) is 0 Å². The molecule has 0 aromatic carbocycles. The van der Waals surface area contributed by atoms with Gasteiger partial charge in [0.25, 0.3) is 0 Å². The Morgan fingerprint density at radius 1 is 1.33 bits per heavy atom. The summed E-state index contributed by atoms with van der Waals surface area (Å²) < 4.78 is 0. The summed E-state index contributed by atoms with van der Waals surface area (Å²) in [6.45, 7) is 9.96. The highest BCUT2D eigenvalue weighted by molar-refractivity contribution is 5.73. The van der Waals surface area contributed by atoms with Gasteiger partial charge < -0.3 is 5.32 Å². The molecular weight excluding hydrogens is 192 g/mol. The molecule has 87 valence electrons. The van der Waals surface area contributed by atoms with E-state index in [1.165, 1.54) is 6.92 Å². The van der Waals surface area contributed by atoms with E-state index in [9.17, 15) is 10.0 Å². The minimum atomic E-state index is -0.446. The maximum absolute atomic E-state index is 11.8. The van der Waals surface area contributed by atoms with E-state index in [1.54, 1.807) is 0 Å². The molecule has 4 heteroatoms. The smallest absolute Gasteiger partial charge is 0.217 e. The average molecular weight is 213 g/mol. The maximum atomic E-state index is 11.8. The Kier molecular flexibility index (Phi) is 3.12. The van der Waals surface area contributed by atoms with Crippen LogP contribution < -0.4 is 5.32 Å². The summed E-state index contributed by atoms with van der Waals surface area (Å²) in [5.41, 5.74) is -0.670.